The van der Waals surface area contributed by atoms with E-state index in [2.05, 4.69) is 22.3 Å². The number of carbonyl (C=O) groups is 4. The molecule has 1 amide bonds. The normalized spacial score (nSPS) is 40.9. The number of ketones is 1. The number of Topliss-reactive ketones (excluding diaryl/α,β-unsaturated/α-hetero) is 1. The van der Waals surface area contributed by atoms with Gasteiger partial charge in [0.2, 0.25) is 0 Å². The monoisotopic (exact) mass is 1130 g/mol. The number of esters is 2. The fourth-order valence-corrected chi connectivity index (χ4v) is 12.2. The molecule has 22 nitrogen and oxygen atoms in total. The Kier molecular flexibility index (Phi) is 25.7. The highest BCUT2D eigenvalue weighted by Crippen LogP contribution is 2.40. The number of hydrogen-bond donors (Lipinski definition) is 3. The van der Waals surface area contributed by atoms with Crippen molar-refractivity contribution in [2.45, 2.75) is 226 Å². The molecular weight excluding hydrogens is 1030 g/mol. The van der Waals surface area contributed by atoms with Gasteiger partial charge in [0.15, 0.2) is 30.3 Å². The molecule has 0 bridgehead atoms. The third-order valence-electron chi connectivity index (χ3n) is 16.8. The summed E-state index contributed by atoms with van der Waals surface area (Å²) in [6.45, 7) is 25.4. The summed E-state index contributed by atoms with van der Waals surface area (Å²) < 4.78 is 76.0. The van der Waals surface area contributed by atoms with E-state index in [1.165, 1.54) is 21.3 Å². The third-order valence-corrected chi connectivity index (χ3v) is 16.8. The average Bonchev–Trinajstić information content (AvgIpc) is 3.55. The van der Waals surface area contributed by atoms with Gasteiger partial charge in [-0.3, -0.25) is 14.4 Å². The van der Waals surface area contributed by atoms with E-state index in [1.807, 2.05) is 55.5 Å². The van der Waals surface area contributed by atoms with Gasteiger partial charge in [0, 0.05) is 83.6 Å². The summed E-state index contributed by atoms with van der Waals surface area (Å²) in [6.07, 6.45) is -11.8. The number of ether oxygens (including phenoxy) is 12. The van der Waals surface area contributed by atoms with Gasteiger partial charge in [0.25, 0.3) is 0 Å². The molecule has 0 aliphatic carbocycles. The highest BCUT2D eigenvalue weighted by Gasteiger charge is 2.53. The predicted octanol–water partition coefficient (Wildman–Crippen LogP) is 5.43. The van der Waals surface area contributed by atoms with E-state index in [-0.39, 0.29) is 56.4 Å². The summed E-state index contributed by atoms with van der Waals surface area (Å²) in [4.78, 5) is 66.8. The maximum absolute atomic E-state index is 15.8. The summed E-state index contributed by atoms with van der Waals surface area (Å²) in [5.74, 6) is -7.14. The molecule has 22 heteroatoms. The van der Waals surface area contributed by atoms with Crippen LogP contribution in [0.25, 0.3) is 0 Å². The summed E-state index contributed by atoms with van der Waals surface area (Å²) in [7, 11) is 6.32. The second-order valence-corrected chi connectivity index (χ2v) is 24.1. The van der Waals surface area contributed by atoms with Crippen molar-refractivity contribution in [1.82, 2.24) is 10.2 Å². The van der Waals surface area contributed by atoms with Crippen molar-refractivity contribution in [2.75, 3.05) is 61.3 Å². The van der Waals surface area contributed by atoms with Crippen molar-refractivity contribution in [1.29, 1.82) is 0 Å². The van der Waals surface area contributed by atoms with Crippen molar-refractivity contribution >= 4 is 29.5 Å². The molecule has 0 aromatic carbocycles. The van der Waals surface area contributed by atoms with Gasteiger partial charge in [0.1, 0.15) is 43.7 Å². The van der Waals surface area contributed by atoms with Crippen LogP contribution in [0.4, 0.5) is 4.79 Å². The van der Waals surface area contributed by atoms with Gasteiger partial charge in [-0.05, 0) is 85.6 Å². The Hall–Kier alpha value is -3.13. The van der Waals surface area contributed by atoms with E-state index in [0.717, 1.165) is 12.8 Å². The van der Waals surface area contributed by atoms with Gasteiger partial charge in [-0.2, -0.15) is 0 Å². The van der Waals surface area contributed by atoms with Crippen LogP contribution in [0.5, 0.6) is 0 Å². The van der Waals surface area contributed by atoms with Crippen LogP contribution >= 0.6 is 0 Å². The Balaban J connectivity index is 1.69. The minimum Gasteiger partial charge on any atom is -0.461 e. The van der Waals surface area contributed by atoms with Crippen LogP contribution in [0.1, 0.15) is 129 Å². The molecule has 456 valence electrons. The number of methoxy groups -OCH3 is 2. The van der Waals surface area contributed by atoms with Crippen LogP contribution in [0.3, 0.4) is 0 Å². The smallest absolute Gasteiger partial charge is 0.408 e. The lowest BCUT2D eigenvalue weighted by atomic mass is 9.74. The maximum atomic E-state index is 15.8. The SMILES string of the molecule is CO/N=C1\C[C@@H](C)OC(O[C@@H]2[C@@H](C)[C@H](O[C@H]3CC(C)N(C)C[C@H](C)O3)C(C)C(=O)O[C@H]([C@@H](C)COC3O[C@H](C)[C@@H](O)[C@@H](OC)[C@H]3OC)[C@H](C)[C@@H](OC(=O)CC(C)C)[C@@H](C)C(=O)[C@@](C)(OC(=O)NCC3CCOCC3)C[C@@H]2C)[C@@H]1O. The molecule has 5 saturated heterocycles. The van der Waals surface area contributed by atoms with Gasteiger partial charge < -0.3 is 82.1 Å². The molecule has 5 aliphatic rings. The second-order valence-electron chi connectivity index (χ2n) is 24.1. The molecule has 5 heterocycles. The van der Waals surface area contributed by atoms with E-state index in [4.69, 9.17) is 61.7 Å². The number of nitrogens with zero attached hydrogens (tertiary/aromatic N) is 2. The average molecular weight is 1130 g/mol. The minimum absolute atomic E-state index is 0.0164. The molecule has 0 radical (unpaired) electrons. The molecule has 0 aromatic rings. The summed E-state index contributed by atoms with van der Waals surface area (Å²) in [6, 6.07) is 0.0175. The Morgan fingerprint density at radius 1 is 0.823 bits per heavy atom. The quantitative estimate of drug-likeness (QED) is 0.0932. The molecular formula is C57H99N3O19. The van der Waals surface area contributed by atoms with Crippen molar-refractivity contribution in [2.24, 2.45) is 52.5 Å². The van der Waals surface area contributed by atoms with Gasteiger partial charge >= 0.3 is 18.0 Å². The van der Waals surface area contributed by atoms with Crippen LogP contribution < -0.4 is 5.32 Å². The number of hydrogen-bond acceptors (Lipinski definition) is 21. The molecule has 3 N–H and O–H groups in total. The number of carbonyl (C=O) groups excluding carboxylic acids is 4. The third kappa shape index (κ3) is 17.7. The first-order valence-electron chi connectivity index (χ1n) is 28.8. The Labute approximate surface area is 469 Å². The molecule has 5 rings (SSSR count). The van der Waals surface area contributed by atoms with E-state index in [9.17, 15) is 19.8 Å². The van der Waals surface area contributed by atoms with Crippen molar-refractivity contribution in [3.63, 3.8) is 0 Å². The number of aliphatic hydroxyl groups is 2. The van der Waals surface area contributed by atoms with Gasteiger partial charge in [0.05, 0.1) is 54.7 Å². The number of amides is 1. The molecule has 0 saturated carbocycles. The molecule has 22 atom stereocenters. The Morgan fingerprint density at radius 3 is 2.13 bits per heavy atom. The standard InChI is InChI=1S/C57H99N3O19/c1-29(2)22-42(61)75-48-36(9)47(31(4)28-71-55-51(68-16)50(67-15)44(62)39(12)74-55)77-53(65)38(11)49(76-43-23-32(5)60(14)27-34(7)72-43)35(8)46(78-54-45(63)41(59-69-17)24-33(6)73-54)30(3)25-57(13,52(64)37(48)10)79-56(66)58-26-40-18-20-70-21-19-40/h29-40,43-51,54-55,62-63H,18-28H2,1-17H3,(H,58,66)/b59-41+/t30-,31-,32?,33+,34-,35+,36-,37+,38?,39+,43-,44+,45+,46-,47+,48+,49-,50+,51+,54?,55?,57-/m0/s1. The Morgan fingerprint density at radius 2 is 1.49 bits per heavy atom. The van der Waals surface area contributed by atoms with Crippen molar-refractivity contribution < 1.29 is 91.1 Å². The summed E-state index contributed by atoms with van der Waals surface area (Å²) in [5.41, 5.74) is -1.63. The van der Waals surface area contributed by atoms with E-state index >= 15 is 9.59 Å². The van der Waals surface area contributed by atoms with Gasteiger partial charge in [-0.25, -0.2) is 4.79 Å². The van der Waals surface area contributed by atoms with Gasteiger partial charge in [-0.1, -0.05) is 53.6 Å². The first-order valence-corrected chi connectivity index (χ1v) is 28.8. The zero-order chi connectivity index (χ0) is 58.6. The van der Waals surface area contributed by atoms with Crippen LogP contribution in [0.15, 0.2) is 5.16 Å². The van der Waals surface area contributed by atoms with Crippen LogP contribution in [-0.2, 0) is 76.1 Å². The van der Waals surface area contributed by atoms with Crippen LogP contribution in [0, 0.1) is 47.3 Å². The zero-order valence-corrected chi connectivity index (χ0v) is 50.3. The maximum Gasteiger partial charge on any atom is 0.408 e. The van der Waals surface area contributed by atoms with Crippen LogP contribution in [0.2, 0.25) is 0 Å². The largest absolute Gasteiger partial charge is 0.461 e. The fourth-order valence-electron chi connectivity index (χ4n) is 12.2. The number of cyclic esters (lactones) is 1. The lowest BCUT2D eigenvalue weighted by Gasteiger charge is -2.45. The van der Waals surface area contributed by atoms with Crippen molar-refractivity contribution in [3.8, 4) is 0 Å². The molecule has 5 fully saturated rings. The highest BCUT2D eigenvalue weighted by atomic mass is 16.7. The van der Waals surface area contributed by atoms with Crippen LogP contribution in [-0.4, -0.2) is 204 Å². The fraction of sp³-hybridized carbons (Fsp3) is 0.912. The summed E-state index contributed by atoms with van der Waals surface area (Å²) >= 11 is 0. The van der Waals surface area contributed by atoms with Crippen molar-refractivity contribution in [3.05, 3.63) is 0 Å². The first-order chi connectivity index (χ1) is 37.2. The Bertz CT molecular complexity index is 1960. The molecule has 5 aliphatic heterocycles. The second kappa shape index (κ2) is 30.4. The number of nitrogens with one attached hydrogen (secondary N) is 1. The number of alkyl carbamates (subject to hydrolysis) is 1. The summed E-state index contributed by atoms with van der Waals surface area (Å²) in [5, 5.41) is 29.8. The molecule has 4 unspecified atom stereocenters. The van der Waals surface area contributed by atoms with Gasteiger partial charge in [-0.15, -0.1) is 0 Å². The highest BCUT2D eigenvalue weighted by molar-refractivity contribution is 5.91. The lowest BCUT2D eigenvalue weighted by molar-refractivity contribution is -0.305. The number of aliphatic hydroxyl groups excluding tert-OH is 2. The first kappa shape index (κ1) is 66.7. The van der Waals surface area contributed by atoms with E-state index < -0.39 is 145 Å². The number of rotatable bonds is 17. The minimum atomic E-state index is -1.93. The molecule has 0 spiro atoms. The van der Waals surface area contributed by atoms with E-state index in [0.29, 0.717) is 31.9 Å². The topological polar surface area (TPSA) is 256 Å². The zero-order valence-electron chi connectivity index (χ0n) is 50.3. The number of oxime groups is 1. The number of likely N-dealkylation sites (N-methyl/N-ethyl adjacent to an activating group) is 1. The molecule has 0 aromatic heterocycles. The molecule has 79 heavy (non-hydrogen) atoms. The predicted molar refractivity (Wildman–Crippen MR) is 288 cm³/mol. The van der Waals surface area contributed by atoms with E-state index in [1.54, 1.807) is 34.6 Å². The lowest BCUT2D eigenvalue weighted by Crippen LogP contribution is -2.59.